The average molecular weight is 281 g/mol. The number of hydrogen-bond acceptors (Lipinski definition) is 3. The summed E-state index contributed by atoms with van der Waals surface area (Å²) >= 11 is 1.93. The van der Waals surface area contributed by atoms with E-state index >= 15 is 0 Å². The van der Waals surface area contributed by atoms with Crippen LogP contribution in [0.15, 0.2) is 24.3 Å². The van der Waals surface area contributed by atoms with Gasteiger partial charge in [0.15, 0.2) is 0 Å². The summed E-state index contributed by atoms with van der Waals surface area (Å²) in [5, 5.41) is 12.7. The van der Waals surface area contributed by atoms with E-state index in [2.05, 4.69) is 50.4 Å². The Morgan fingerprint density at radius 3 is 2.63 bits per heavy atom. The van der Waals surface area contributed by atoms with E-state index in [-0.39, 0.29) is 6.61 Å². The van der Waals surface area contributed by atoms with E-state index in [0.717, 1.165) is 24.5 Å². The first-order valence-corrected chi connectivity index (χ1v) is 8.32. The van der Waals surface area contributed by atoms with Gasteiger partial charge in [0.2, 0.25) is 0 Å². The quantitative estimate of drug-likeness (QED) is 0.727. The smallest absolute Gasteiger partial charge is 0.0464 e. The molecule has 0 fully saturated rings. The Balaban J connectivity index is 2.59. The molecule has 0 amide bonds. The summed E-state index contributed by atoms with van der Waals surface area (Å²) in [5.41, 5.74) is 2.76. The van der Waals surface area contributed by atoms with Crippen molar-refractivity contribution in [3.05, 3.63) is 35.4 Å². The highest BCUT2D eigenvalue weighted by molar-refractivity contribution is 7.99. The molecule has 0 aliphatic rings. The standard InChI is InChI=1S/C16H27NOS/c1-4-9-17-16(12-19-11-13(2)10-18)15-8-6-5-7-14(15)3/h5-8,13,16-18H,4,9-12H2,1-3H3. The second-order valence-electron chi connectivity index (χ2n) is 5.19. The summed E-state index contributed by atoms with van der Waals surface area (Å²) < 4.78 is 0. The summed E-state index contributed by atoms with van der Waals surface area (Å²) in [6.07, 6.45) is 1.15. The van der Waals surface area contributed by atoms with E-state index in [1.165, 1.54) is 11.1 Å². The highest BCUT2D eigenvalue weighted by Gasteiger charge is 2.13. The number of aryl methyl sites for hydroxylation is 1. The number of nitrogens with one attached hydrogen (secondary N) is 1. The van der Waals surface area contributed by atoms with Crippen molar-refractivity contribution < 1.29 is 5.11 Å². The van der Waals surface area contributed by atoms with E-state index in [1.807, 2.05) is 11.8 Å². The van der Waals surface area contributed by atoms with E-state index in [9.17, 15) is 0 Å². The molecule has 0 saturated carbocycles. The molecule has 0 aliphatic heterocycles. The Bertz CT molecular complexity index is 356. The van der Waals surface area contributed by atoms with E-state index in [1.54, 1.807) is 0 Å². The van der Waals surface area contributed by atoms with Crippen LogP contribution in [0.25, 0.3) is 0 Å². The second-order valence-corrected chi connectivity index (χ2v) is 6.26. The van der Waals surface area contributed by atoms with Crippen molar-refractivity contribution in [2.45, 2.75) is 33.2 Å². The summed E-state index contributed by atoms with van der Waals surface area (Å²) in [6.45, 7) is 7.80. The molecule has 1 aromatic carbocycles. The normalized spacial score (nSPS) is 14.3. The zero-order valence-corrected chi connectivity index (χ0v) is 13.2. The van der Waals surface area contributed by atoms with Crippen molar-refractivity contribution in [1.82, 2.24) is 5.32 Å². The van der Waals surface area contributed by atoms with Gasteiger partial charge in [-0.3, -0.25) is 0 Å². The maximum Gasteiger partial charge on any atom is 0.0464 e. The largest absolute Gasteiger partial charge is 0.396 e. The highest BCUT2D eigenvalue weighted by Crippen LogP contribution is 2.22. The minimum absolute atomic E-state index is 0.282. The maximum atomic E-state index is 9.07. The van der Waals surface area contributed by atoms with E-state index in [0.29, 0.717) is 12.0 Å². The molecule has 2 N–H and O–H groups in total. The van der Waals surface area contributed by atoms with Gasteiger partial charge in [-0.1, -0.05) is 38.1 Å². The minimum Gasteiger partial charge on any atom is -0.396 e. The van der Waals surface area contributed by atoms with Gasteiger partial charge >= 0.3 is 0 Å². The zero-order chi connectivity index (χ0) is 14.1. The summed E-state index contributed by atoms with van der Waals surface area (Å²) in [6, 6.07) is 9.02. The van der Waals surface area contributed by atoms with Gasteiger partial charge in [0.1, 0.15) is 0 Å². The first kappa shape index (κ1) is 16.5. The minimum atomic E-state index is 0.282. The number of aliphatic hydroxyl groups is 1. The van der Waals surface area contributed by atoms with Crippen LogP contribution >= 0.6 is 11.8 Å². The third kappa shape index (κ3) is 5.98. The van der Waals surface area contributed by atoms with Gasteiger partial charge in [-0.05, 0) is 42.7 Å². The number of benzene rings is 1. The number of hydrogen-bond donors (Lipinski definition) is 2. The third-order valence-electron chi connectivity index (χ3n) is 3.20. The van der Waals surface area contributed by atoms with Crippen molar-refractivity contribution in [2.75, 3.05) is 24.7 Å². The molecule has 108 valence electrons. The Morgan fingerprint density at radius 1 is 1.26 bits per heavy atom. The SMILES string of the molecule is CCCNC(CSCC(C)CO)c1ccccc1C. The Morgan fingerprint density at radius 2 is 2.00 bits per heavy atom. The Hall–Kier alpha value is -0.510. The lowest BCUT2D eigenvalue weighted by Crippen LogP contribution is -2.25. The molecule has 0 spiro atoms. The first-order valence-electron chi connectivity index (χ1n) is 7.16. The molecular formula is C16H27NOS. The highest BCUT2D eigenvalue weighted by atomic mass is 32.2. The van der Waals surface area contributed by atoms with Crippen LogP contribution in [-0.2, 0) is 0 Å². The second kappa shape index (κ2) is 9.40. The molecule has 0 radical (unpaired) electrons. The van der Waals surface area contributed by atoms with Crippen LogP contribution in [0.3, 0.4) is 0 Å². The van der Waals surface area contributed by atoms with Gasteiger partial charge in [0, 0.05) is 18.4 Å². The molecule has 2 atom stereocenters. The van der Waals surface area contributed by atoms with Crippen LogP contribution in [0.5, 0.6) is 0 Å². The van der Waals surface area contributed by atoms with Crippen LogP contribution < -0.4 is 5.32 Å². The predicted octanol–water partition coefficient (Wildman–Crippen LogP) is 3.40. The van der Waals surface area contributed by atoms with Gasteiger partial charge in [-0.15, -0.1) is 0 Å². The summed E-state index contributed by atoms with van der Waals surface area (Å²) in [4.78, 5) is 0. The summed E-state index contributed by atoms with van der Waals surface area (Å²) in [7, 11) is 0. The molecule has 3 heteroatoms. The predicted molar refractivity (Wildman–Crippen MR) is 85.8 cm³/mol. The molecule has 2 unspecified atom stereocenters. The molecule has 1 rings (SSSR count). The molecule has 0 aliphatic carbocycles. The van der Waals surface area contributed by atoms with Crippen molar-refractivity contribution in [2.24, 2.45) is 5.92 Å². The fourth-order valence-electron chi connectivity index (χ4n) is 1.99. The molecule has 0 heterocycles. The fraction of sp³-hybridized carbons (Fsp3) is 0.625. The molecule has 2 nitrogen and oxygen atoms in total. The van der Waals surface area contributed by atoms with Crippen molar-refractivity contribution in [1.29, 1.82) is 0 Å². The van der Waals surface area contributed by atoms with Crippen LogP contribution in [0, 0.1) is 12.8 Å². The Kier molecular flexibility index (Phi) is 8.19. The number of thioether (sulfide) groups is 1. The van der Waals surface area contributed by atoms with Crippen molar-refractivity contribution >= 4 is 11.8 Å². The molecular weight excluding hydrogens is 254 g/mol. The maximum absolute atomic E-state index is 9.07. The lowest BCUT2D eigenvalue weighted by atomic mass is 10.0. The molecule has 0 saturated heterocycles. The van der Waals surface area contributed by atoms with E-state index < -0.39 is 0 Å². The number of aliphatic hydroxyl groups excluding tert-OH is 1. The van der Waals surface area contributed by atoms with Crippen LogP contribution in [0.4, 0.5) is 0 Å². The first-order chi connectivity index (χ1) is 9.19. The topological polar surface area (TPSA) is 32.3 Å². The van der Waals surface area contributed by atoms with Gasteiger partial charge in [0.05, 0.1) is 0 Å². The monoisotopic (exact) mass is 281 g/mol. The van der Waals surface area contributed by atoms with Crippen molar-refractivity contribution in [3.8, 4) is 0 Å². The van der Waals surface area contributed by atoms with Gasteiger partial charge < -0.3 is 10.4 Å². The van der Waals surface area contributed by atoms with Crippen LogP contribution in [0.2, 0.25) is 0 Å². The zero-order valence-electron chi connectivity index (χ0n) is 12.4. The molecule has 19 heavy (non-hydrogen) atoms. The van der Waals surface area contributed by atoms with Gasteiger partial charge in [-0.2, -0.15) is 11.8 Å². The van der Waals surface area contributed by atoms with Gasteiger partial charge in [0.25, 0.3) is 0 Å². The average Bonchev–Trinajstić information content (AvgIpc) is 2.43. The Labute approximate surface area is 122 Å². The molecule has 1 aromatic rings. The van der Waals surface area contributed by atoms with Gasteiger partial charge in [-0.25, -0.2) is 0 Å². The van der Waals surface area contributed by atoms with Crippen LogP contribution in [0.1, 0.15) is 37.4 Å². The fourth-order valence-corrected chi connectivity index (χ4v) is 3.17. The van der Waals surface area contributed by atoms with Crippen LogP contribution in [-0.4, -0.2) is 29.8 Å². The van der Waals surface area contributed by atoms with E-state index in [4.69, 9.17) is 5.11 Å². The van der Waals surface area contributed by atoms with Crippen molar-refractivity contribution in [3.63, 3.8) is 0 Å². The summed E-state index contributed by atoms with van der Waals surface area (Å²) in [5.74, 6) is 2.47. The molecule has 0 aromatic heterocycles. The lowest BCUT2D eigenvalue weighted by molar-refractivity contribution is 0.250. The molecule has 0 bridgehead atoms. The third-order valence-corrected chi connectivity index (χ3v) is 4.58. The lowest BCUT2D eigenvalue weighted by Gasteiger charge is -2.21. The number of rotatable bonds is 9.